The number of alkyl halides is 4. The van der Waals surface area contributed by atoms with Gasteiger partial charge in [-0.15, -0.1) is 11.8 Å². The Bertz CT molecular complexity index is 516. The lowest BCUT2D eigenvalue weighted by molar-refractivity contribution is -0.109. The van der Waals surface area contributed by atoms with Crippen LogP contribution in [0.2, 0.25) is 0 Å². The van der Waals surface area contributed by atoms with Crippen LogP contribution >= 0.6 is 18.5 Å². The minimum absolute atomic E-state index is 0.0202. The number of hydrogen-bond acceptors (Lipinski definition) is 4. The topological polar surface area (TPSA) is 38.7 Å². The van der Waals surface area contributed by atoms with Crippen molar-refractivity contribution in [3.05, 3.63) is 24.3 Å². The Kier molecular flexibility index (Phi) is 6.93. The lowest BCUT2D eigenvalue weighted by Crippen LogP contribution is -2.29. The summed E-state index contributed by atoms with van der Waals surface area (Å²) in [6, 6.07) is 5.85. The van der Waals surface area contributed by atoms with Gasteiger partial charge in [-0.25, -0.2) is 8.78 Å². The second kappa shape index (κ2) is 7.78. The lowest BCUT2D eigenvalue weighted by atomic mass is 10.3. The summed E-state index contributed by atoms with van der Waals surface area (Å²) in [7, 11) is 0. The van der Waals surface area contributed by atoms with Gasteiger partial charge in [0.25, 0.3) is 0 Å². The summed E-state index contributed by atoms with van der Waals surface area (Å²) in [6.45, 7) is -1.82. The smallest absolute Gasteiger partial charge is 0.377 e. The van der Waals surface area contributed by atoms with Gasteiger partial charge in [0.15, 0.2) is 0 Å². The van der Waals surface area contributed by atoms with Crippen LogP contribution in [0.3, 0.4) is 0 Å². The molecule has 0 heterocycles. The molecule has 0 aliphatic rings. The van der Waals surface area contributed by atoms with Gasteiger partial charge in [-0.05, 0) is 19.1 Å². The normalized spacial score (nSPS) is 15.0. The van der Waals surface area contributed by atoms with Gasteiger partial charge in [0, 0.05) is 11.8 Å². The van der Waals surface area contributed by atoms with E-state index in [4.69, 9.17) is 20.9 Å². The third-order valence-electron chi connectivity index (χ3n) is 2.09. The minimum Gasteiger partial charge on any atom is -0.423 e. The van der Waals surface area contributed by atoms with Crippen LogP contribution in [-0.4, -0.2) is 29.6 Å². The van der Waals surface area contributed by atoms with Gasteiger partial charge in [-0.2, -0.15) is 8.78 Å². The second-order valence-corrected chi connectivity index (χ2v) is 7.55. The monoisotopic (exact) mass is 364 g/mol. The predicted molar refractivity (Wildman–Crippen MR) is 76.9 cm³/mol. The Labute approximate surface area is 128 Å². The van der Waals surface area contributed by atoms with Gasteiger partial charge in [-0.1, -0.05) is 12.1 Å². The molecule has 1 rings (SSSR count). The Morgan fingerprint density at radius 1 is 1.38 bits per heavy atom. The fourth-order valence-corrected chi connectivity index (χ4v) is 3.50. The van der Waals surface area contributed by atoms with Crippen molar-refractivity contribution in [1.29, 1.82) is 0 Å². The zero-order chi connectivity index (χ0) is 16.1. The Morgan fingerprint density at radius 2 is 2.00 bits per heavy atom. The molecule has 1 aromatic rings. The van der Waals surface area contributed by atoms with Crippen molar-refractivity contribution in [2.45, 2.75) is 24.2 Å². The Balaban J connectivity index is 2.83. The van der Waals surface area contributed by atoms with Gasteiger partial charge >= 0.3 is 19.1 Å². The van der Waals surface area contributed by atoms with Crippen LogP contribution in [0.1, 0.15) is 6.92 Å². The standard InChI is InChI=1S/C11H13F4O3PS2/c1-2-17-19(16,20)18-8-5-3-4-6-9(8)21-7-11(14,15)10(12)13/h3-6,10H,2,7H2,1H3,(H,16,20). The first kappa shape index (κ1) is 18.7. The Hall–Kier alpha value is -0.340. The highest BCUT2D eigenvalue weighted by molar-refractivity contribution is 8.07. The van der Waals surface area contributed by atoms with Crippen LogP contribution in [0.4, 0.5) is 17.6 Å². The molecule has 21 heavy (non-hydrogen) atoms. The molecule has 0 aromatic heterocycles. The highest BCUT2D eigenvalue weighted by Crippen LogP contribution is 2.47. The average molecular weight is 364 g/mol. The molecule has 1 aromatic carbocycles. The minimum atomic E-state index is -4.11. The van der Waals surface area contributed by atoms with Crippen LogP contribution < -0.4 is 4.52 Å². The molecule has 3 nitrogen and oxygen atoms in total. The fraction of sp³-hybridized carbons (Fsp3) is 0.455. The van der Waals surface area contributed by atoms with Crippen molar-refractivity contribution in [2.24, 2.45) is 0 Å². The van der Waals surface area contributed by atoms with Crippen LogP contribution in [0.5, 0.6) is 5.75 Å². The molecule has 0 radical (unpaired) electrons. The summed E-state index contributed by atoms with van der Waals surface area (Å²) in [6.07, 6.45) is -3.75. The first-order chi connectivity index (χ1) is 9.68. The first-order valence-electron chi connectivity index (χ1n) is 5.72. The van der Waals surface area contributed by atoms with Gasteiger partial charge in [-0.3, -0.25) is 4.52 Å². The summed E-state index contributed by atoms with van der Waals surface area (Å²) in [5, 5.41) is 0. The molecule has 0 fully saturated rings. The number of hydrogen-bond donors (Lipinski definition) is 1. The molecular formula is C11H13F4O3PS2. The van der Waals surface area contributed by atoms with Crippen molar-refractivity contribution in [1.82, 2.24) is 0 Å². The molecule has 120 valence electrons. The first-order valence-corrected chi connectivity index (χ1v) is 9.30. The van der Waals surface area contributed by atoms with E-state index in [0.717, 1.165) is 0 Å². The molecule has 0 aliphatic heterocycles. The summed E-state index contributed by atoms with van der Waals surface area (Å²) in [4.78, 5) is 9.88. The molecule has 0 saturated heterocycles. The number of para-hydroxylation sites is 1. The molecule has 0 bridgehead atoms. The van der Waals surface area contributed by atoms with E-state index in [0.29, 0.717) is 11.8 Å². The van der Waals surface area contributed by atoms with Crippen LogP contribution in [0.25, 0.3) is 0 Å². The van der Waals surface area contributed by atoms with Crippen molar-refractivity contribution in [3.8, 4) is 5.75 Å². The van der Waals surface area contributed by atoms with Crippen LogP contribution in [0.15, 0.2) is 29.2 Å². The number of rotatable bonds is 8. The van der Waals surface area contributed by atoms with Crippen LogP contribution in [-0.2, 0) is 16.3 Å². The summed E-state index contributed by atoms with van der Waals surface area (Å²) < 4.78 is 60.0. The molecule has 0 aliphatic carbocycles. The highest BCUT2D eigenvalue weighted by Gasteiger charge is 2.40. The van der Waals surface area contributed by atoms with E-state index in [9.17, 15) is 22.5 Å². The SMILES string of the molecule is CCOP(O)(=S)Oc1ccccc1SCC(F)(F)C(F)F. The van der Waals surface area contributed by atoms with E-state index >= 15 is 0 Å². The second-order valence-electron chi connectivity index (χ2n) is 3.77. The van der Waals surface area contributed by atoms with Gasteiger partial charge in [0.05, 0.1) is 17.3 Å². The van der Waals surface area contributed by atoms with E-state index in [2.05, 4.69) is 0 Å². The van der Waals surface area contributed by atoms with Crippen molar-refractivity contribution in [3.63, 3.8) is 0 Å². The molecule has 0 spiro atoms. The van der Waals surface area contributed by atoms with Crippen molar-refractivity contribution < 1.29 is 31.5 Å². The summed E-state index contributed by atoms with van der Waals surface area (Å²) >= 11 is 5.22. The van der Waals surface area contributed by atoms with Gasteiger partial charge in [0.1, 0.15) is 5.75 Å². The largest absolute Gasteiger partial charge is 0.423 e. The quantitative estimate of drug-likeness (QED) is 0.423. The molecule has 0 amide bonds. The molecule has 0 saturated carbocycles. The maximum atomic E-state index is 12.9. The van der Waals surface area contributed by atoms with Crippen molar-refractivity contribution in [2.75, 3.05) is 12.4 Å². The average Bonchev–Trinajstić information content (AvgIpc) is 2.37. The third kappa shape index (κ3) is 6.12. The zero-order valence-electron chi connectivity index (χ0n) is 10.8. The Morgan fingerprint density at radius 3 is 2.57 bits per heavy atom. The molecule has 10 heteroatoms. The number of benzene rings is 1. The van der Waals surface area contributed by atoms with Crippen molar-refractivity contribution >= 4 is 30.3 Å². The van der Waals surface area contributed by atoms with E-state index in [-0.39, 0.29) is 17.3 Å². The third-order valence-corrected chi connectivity index (χ3v) is 4.82. The highest BCUT2D eigenvalue weighted by atomic mass is 32.5. The van der Waals surface area contributed by atoms with E-state index in [1.807, 2.05) is 0 Å². The fourth-order valence-electron chi connectivity index (χ4n) is 1.20. The maximum Gasteiger partial charge on any atom is 0.377 e. The zero-order valence-corrected chi connectivity index (χ0v) is 13.4. The summed E-state index contributed by atoms with van der Waals surface area (Å²) in [5.41, 5.74) is 0. The number of halogens is 4. The molecule has 1 atom stereocenters. The molecular weight excluding hydrogens is 351 g/mol. The van der Waals surface area contributed by atoms with E-state index < -0.39 is 24.8 Å². The molecule has 1 unspecified atom stereocenters. The lowest BCUT2D eigenvalue weighted by Gasteiger charge is -2.19. The maximum absolute atomic E-state index is 12.9. The van der Waals surface area contributed by atoms with Gasteiger partial charge in [0.2, 0.25) is 0 Å². The van der Waals surface area contributed by atoms with Crippen LogP contribution in [0, 0.1) is 0 Å². The van der Waals surface area contributed by atoms with E-state index in [1.165, 1.54) is 24.3 Å². The van der Waals surface area contributed by atoms with E-state index in [1.54, 1.807) is 6.92 Å². The van der Waals surface area contributed by atoms with Gasteiger partial charge < -0.3 is 9.42 Å². The number of thioether (sulfide) groups is 1. The summed E-state index contributed by atoms with van der Waals surface area (Å²) in [5.74, 6) is -5.21. The molecule has 1 N–H and O–H groups in total. The predicted octanol–water partition coefficient (Wildman–Crippen LogP) is 4.31.